The van der Waals surface area contributed by atoms with Crippen molar-refractivity contribution in [1.82, 2.24) is 19.6 Å². The molecule has 5 nitrogen and oxygen atoms in total. The molecule has 0 saturated carbocycles. The number of nitrogens with one attached hydrogen (secondary N) is 1. The maximum atomic E-state index is 13.4. The predicted octanol–water partition coefficient (Wildman–Crippen LogP) is 3.65. The summed E-state index contributed by atoms with van der Waals surface area (Å²) in [6.07, 6.45) is 3.86. The zero-order chi connectivity index (χ0) is 18.4. The number of nitrogens with zero attached hydrogens (tertiary/aromatic N) is 3. The number of rotatable bonds is 2. The number of benzene rings is 1. The van der Waals surface area contributed by atoms with Crippen molar-refractivity contribution in [2.45, 2.75) is 13.0 Å². The van der Waals surface area contributed by atoms with Crippen LogP contribution in [0.2, 0.25) is 0 Å². The monoisotopic (exact) mass is 376 g/mol. The molecule has 4 heterocycles. The quantitative estimate of drug-likeness (QED) is 0.581. The highest BCUT2D eigenvalue weighted by Crippen LogP contribution is 2.29. The molecule has 1 aliphatic heterocycles. The third kappa shape index (κ3) is 2.72. The van der Waals surface area contributed by atoms with Crippen LogP contribution >= 0.6 is 11.3 Å². The van der Waals surface area contributed by atoms with Gasteiger partial charge in [0, 0.05) is 48.2 Å². The predicted molar refractivity (Wildman–Crippen MR) is 109 cm³/mol. The van der Waals surface area contributed by atoms with Crippen LogP contribution in [-0.2, 0) is 0 Å². The van der Waals surface area contributed by atoms with E-state index in [0.29, 0.717) is 6.04 Å². The van der Waals surface area contributed by atoms with Gasteiger partial charge in [0.1, 0.15) is 5.82 Å². The summed E-state index contributed by atoms with van der Waals surface area (Å²) in [7, 11) is 0. The minimum Gasteiger partial charge on any atom is -0.336 e. The Hall–Kier alpha value is -2.70. The SMILES string of the molecule is C[C@@H]1CN(C(=O)c2cn3c(-c4ccsc4)ncc3c3ccccc23)CCN1. The Balaban J connectivity index is 1.72. The molecule has 0 aliphatic carbocycles. The molecule has 1 aromatic carbocycles. The molecule has 136 valence electrons. The van der Waals surface area contributed by atoms with E-state index in [9.17, 15) is 4.79 Å². The summed E-state index contributed by atoms with van der Waals surface area (Å²) in [4.78, 5) is 20.0. The number of carbonyl (C=O) groups excluding carboxylic acids is 1. The Morgan fingerprint density at radius 2 is 2.11 bits per heavy atom. The van der Waals surface area contributed by atoms with Crippen molar-refractivity contribution in [1.29, 1.82) is 0 Å². The number of pyridine rings is 1. The van der Waals surface area contributed by atoms with Gasteiger partial charge < -0.3 is 10.2 Å². The number of fused-ring (bicyclic) bond motifs is 3. The normalized spacial score (nSPS) is 17.7. The summed E-state index contributed by atoms with van der Waals surface area (Å²) in [6.45, 7) is 4.41. The third-order valence-electron chi connectivity index (χ3n) is 5.21. The smallest absolute Gasteiger partial charge is 0.256 e. The van der Waals surface area contributed by atoms with Gasteiger partial charge in [-0.1, -0.05) is 24.3 Å². The van der Waals surface area contributed by atoms with Crippen molar-refractivity contribution in [3.63, 3.8) is 0 Å². The number of carbonyl (C=O) groups is 1. The Morgan fingerprint density at radius 1 is 1.26 bits per heavy atom. The fraction of sp³-hybridized carbons (Fsp3) is 0.238. The van der Waals surface area contributed by atoms with Crippen molar-refractivity contribution in [3.8, 4) is 11.4 Å². The molecular weight excluding hydrogens is 356 g/mol. The van der Waals surface area contributed by atoms with Gasteiger partial charge in [0.25, 0.3) is 5.91 Å². The maximum Gasteiger partial charge on any atom is 0.256 e. The molecule has 4 aromatic rings. The summed E-state index contributed by atoms with van der Waals surface area (Å²) in [5, 5.41) is 9.57. The zero-order valence-corrected chi connectivity index (χ0v) is 15.9. The Labute approximate surface area is 161 Å². The van der Waals surface area contributed by atoms with Gasteiger partial charge in [0.2, 0.25) is 0 Å². The third-order valence-corrected chi connectivity index (χ3v) is 5.90. The Morgan fingerprint density at radius 3 is 2.89 bits per heavy atom. The lowest BCUT2D eigenvalue weighted by Gasteiger charge is -2.32. The van der Waals surface area contributed by atoms with Crippen molar-refractivity contribution >= 4 is 33.5 Å². The van der Waals surface area contributed by atoms with Crippen molar-refractivity contribution in [2.24, 2.45) is 0 Å². The van der Waals surface area contributed by atoms with Gasteiger partial charge >= 0.3 is 0 Å². The summed E-state index contributed by atoms with van der Waals surface area (Å²) in [5.41, 5.74) is 2.84. The van der Waals surface area contributed by atoms with E-state index in [1.54, 1.807) is 11.3 Å². The number of hydrogen-bond donors (Lipinski definition) is 1. The largest absolute Gasteiger partial charge is 0.336 e. The zero-order valence-electron chi connectivity index (χ0n) is 15.1. The van der Waals surface area contributed by atoms with Crippen LogP contribution < -0.4 is 5.32 Å². The van der Waals surface area contributed by atoms with E-state index in [1.807, 2.05) is 40.9 Å². The van der Waals surface area contributed by atoms with Gasteiger partial charge in [-0.2, -0.15) is 11.3 Å². The second kappa shape index (κ2) is 6.48. The van der Waals surface area contributed by atoms with Gasteiger partial charge in [-0.3, -0.25) is 9.20 Å². The highest BCUT2D eigenvalue weighted by Gasteiger charge is 2.24. The first kappa shape index (κ1) is 16.5. The average Bonchev–Trinajstić information content (AvgIpc) is 3.36. The standard InChI is InChI=1S/C21H20N4OS/c1-14-11-24(8-7-22-14)21(26)18-12-25-19(17-5-3-2-4-16(17)18)10-23-20(25)15-6-9-27-13-15/h2-6,9-10,12-14,22H,7-8,11H2,1H3/t14-/m1/s1. The van der Waals surface area contributed by atoms with Crippen LogP contribution in [0.5, 0.6) is 0 Å². The van der Waals surface area contributed by atoms with Crippen LogP contribution in [-0.4, -0.2) is 45.9 Å². The second-order valence-corrected chi connectivity index (χ2v) is 7.82. The van der Waals surface area contributed by atoms with E-state index in [4.69, 9.17) is 0 Å². The van der Waals surface area contributed by atoms with Crippen LogP contribution in [0.25, 0.3) is 27.7 Å². The average molecular weight is 376 g/mol. The highest BCUT2D eigenvalue weighted by molar-refractivity contribution is 7.08. The first-order valence-electron chi connectivity index (χ1n) is 9.16. The van der Waals surface area contributed by atoms with Gasteiger partial charge in [-0.25, -0.2) is 4.98 Å². The van der Waals surface area contributed by atoms with Gasteiger partial charge in [-0.15, -0.1) is 0 Å². The number of aromatic nitrogens is 2. The molecule has 0 bridgehead atoms. The number of piperazine rings is 1. The van der Waals surface area contributed by atoms with Crippen molar-refractivity contribution in [3.05, 3.63) is 59.0 Å². The van der Waals surface area contributed by atoms with E-state index in [2.05, 4.69) is 39.1 Å². The first-order chi connectivity index (χ1) is 13.2. The molecule has 1 aliphatic rings. The molecule has 0 unspecified atom stereocenters. The molecule has 1 fully saturated rings. The fourth-order valence-electron chi connectivity index (χ4n) is 3.89. The molecule has 1 atom stereocenters. The molecule has 5 rings (SSSR count). The summed E-state index contributed by atoms with van der Waals surface area (Å²) in [5.74, 6) is 0.964. The molecule has 6 heteroatoms. The Kier molecular flexibility index (Phi) is 3.95. The number of amides is 1. The van der Waals surface area contributed by atoms with Gasteiger partial charge in [-0.05, 0) is 23.8 Å². The number of hydrogen-bond acceptors (Lipinski definition) is 4. The molecule has 1 N–H and O–H groups in total. The van der Waals surface area contributed by atoms with Crippen molar-refractivity contribution < 1.29 is 4.79 Å². The number of imidazole rings is 1. The van der Waals surface area contributed by atoms with Crippen LogP contribution in [0.15, 0.2) is 53.5 Å². The Bertz CT molecular complexity index is 1130. The van der Waals surface area contributed by atoms with E-state index in [1.165, 1.54) is 0 Å². The second-order valence-electron chi connectivity index (χ2n) is 7.04. The summed E-state index contributed by atoms with van der Waals surface area (Å²) in [6, 6.07) is 10.5. The minimum absolute atomic E-state index is 0.0893. The van der Waals surface area contributed by atoms with E-state index < -0.39 is 0 Å². The first-order valence-corrected chi connectivity index (χ1v) is 10.1. The molecule has 1 amide bonds. The maximum absolute atomic E-state index is 13.4. The fourth-order valence-corrected chi connectivity index (χ4v) is 4.53. The highest BCUT2D eigenvalue weighted by atomic mass is 32.1. The van der Waals surface area contributed by atoms with Crippen LogP contribution in [0.3, 0.4) is 0 Å². The molecule has 27 heavy (non-hydrogen) atoms. The number of thiophene rings is 1. The lowest BCUT2D eigenvalue weighted by molar-refractivity contribution is 0.0710. The molecule has 1 saturated heterocycles. The summed E-state index contributed by atoms with van der Waals surface area (Å²) >= 11 is 1.65. The lowest BCUT2D eigenvalue weighted by atomic mass is 10.0. The van der Waals surface area contributed by atoms with Crippen LogP contribution in [0.1, 0.15) is 17.3 Å². The molecular formula is C21H20N4OS. The molecule has 0 spiro atoms. The van der Waals surface area contributed by atoms with Crippen LogP contribution in [0, 0.1) is 0 Å². The van der Waals surface area contributed by atoms with Gasteiger partial charge in [0.05, 0.1) is 17.3 Å². The topological polar surface area (TPSA) is 49.6 Å². The van der Waals surface area contributed by atoms with E-state index in [0.717, 1.165) is 52.9 Å². The minimum atomic E-state index is 0.0893. The molecule has 3 aromatic heterocycles. The van der Waals surface area contributed by atoms with Crippen LogP contribution in [0.4, 0.5) is 0 Å². The lowest BCUT2D eigenvalue weighted by Crippen LogP contribution is -2.51. The summed E-state index contributed by atoms with van der Waals surface area (Å²) < 4.78 is 2.06. The van der Waals surface area contributed by atoms with Gasteiger partial charge in [0.15, 0.2) is 0 Å². The van der Waals surface area contributed by atoms with Crippen molar-refractivity contribution in [2.75, 3.05) is 19.6 Å². The van der Waals surface area contributed by atoms with E-state index in [-0.39, 0.29) is 5.91 Å². The van der Waals surface area contributed by atoms with E-state index >= 15 is 0 Å². The molecule has 0 radical (unpaired) electrons.